The molecule has 12 heteroatoms. The lowest BCUT2D eigenvalue weighted by atomic mass is 9.99. The number of carbonyl (C=O) groups is 1. The van der Waals surface area contributed by atoms with Gasteiger partial charge in [-0.15, -0.1) is 6.42 Å². The number of nitrogens with zero attached hydrogens (tertiary/aromatic N) is 4. The second-order valence-corrected chi connectivity index (χ2v) is 7.81. The van der Waals surface area contributed by atoms with E-state index in [1.807, 2.05) is 0 Å². The zero-order valence-corrected chi connectivity index (χ0v) is 18.2. The lowest BCUT2D eigenvalue weighted by Gasteiger charge is -2.26. The zero-order valence-electron chi connectivity index (χ0n) is 17.5. The van der Waals surface area contributed by atoms with Crippen LogP contribution in [-0.2, 0) is 27.9 Å². The fraction of sp³-hybridized carbons (Fsp3) is 0.333. The van der Waals surface area contributed by atoms with Gasteiger partial charge in [0.1, 0.15) is 24.3 Å². The molecule has 0 radical (unpaired) electrons. The Morgan fingerprint density at radius 1 is 1.45 bits per heavy atom. The number of nitrogen functional groups attached to an aromatic ring is 1. The number of hydrogen-bond acceptors (Lipinski definition) is 9. The molecule has 0 bridgehead atoms. The summed E-state index contributed by atoms with van der Waals surface area (Å²) in [6, 6.07) is 4.67. The summed E-state index contributed by atoms with van der Waals surface area (Å²) in [7, 11) is 1.61. The van der Waals surface area contributed by atoms with Crippen LogP contribution in [0.15, 0.2) is 35.4 Å². The molecule has 3 N–H and O–H groups in total. The van der Waals surface area contributed by atoms with Crippen LogP contribution < -0.4 is 11.3 Å². The standard InChI is InChI=1S/C21H20ClN5O6/c1-3-21(11-28)14(32-20(30)31-10-12-4-6-26(2)15(29)8-12)9-16(33-21)27-7-5-13-17(23)24-19(22)25-18(13)27/h1,4-8,14,16,28H,9-11H2,2H3,(H2,23,24,25)/t14-,16+,21+/m0/s1. The van der Waals surface area contributed by atoms with Crippen molar-refractivity contribution in [1.82, 2.24) is 19.1 Å². The summed E-state index contributed by atoms with van der Waals surface area (Å²) in [6.07, 6.45) is 6.15. The van der Waals surface area contributed by atoms with Gasteiger partial charge in [0.25, 0.3) is 5.56 Å². The number of nitrogens with two attached hydrogens (primary N) is 1. The number of carbonyl (C=O) groups excluding carboxylic acids is 1. The highest BCUT2D eigenvalue weighted by Crippen LogP contribution is 2.40. The summed E-state index contributed by atoms with van der Waals surface area (Å²) in [6.45, 7) is -0.783. The van der Waals surface area contributed by atoms with Gasteiger partial charge >= 0.3 is 6.16 Å². The third kappa shape index (κ3) is 4.23. The number of hydrogen-bond donors (Lipinski definition) is 2. The summed E-state index contributed by atoms with van der Waals surface area (Å²) < 4.78 is 19.5. The van der Waals surface area contributed by atoms with Crippen molar-refractivity contribution in [2.24, 2.45) is 7.05 Å². The van der Waals surface area contributed by atoms with Crippen molar-refractivity contribution in [2.75, 3.05) is 12.3 Å². The van der Waals surface area contributed by atoms with Crippen LogP contribution in [0.5, 0.6) is 0 Å². The number of ether oxygens (including phenoxy) is 3. The first-order chi connectivity index (χ1) is 15.8. The molecule has 0 aromatic carbocycles. The average molecular weight is 474 g/mol. The van der Waals surface area contributed by atoms with Gasteiger partial charge in [-0.05, 0) is 29.3 Å². The van der Waals surface area contributed by atoms with Gasteiger partial charge in [0.05, 0.1) is 12.0 Å². The minimum absolute atomic E-state index is 0.0459. The zero-order chi connectivity index (χ0) is 23.8. The average Bonchev–Trinajstić information content (AvgIpc) is 3.36. The predicted octanol–water partition coefficient (Wildman–Crippen LogP) is 1.37. The second kappa shape index (κ2) is 8.74. The number of pyridine rings is 1. The molecule has 0 unspecified atom stereocenters. The Morgan fingerprint density at radius 3 is 2.94 bits per heavy atom. The molecule has 4 heterocycles. The smallest absolute Gasteiger partial charge is 0.429 e. The maximum absolute atomic E-state index is 12.3. The molecule has 4 rings (SSSR count). The molecular formula is C21H20ClN5O6. The molecule has 0 spiro atoms. The summed E-state index contributed by atoms with van der Waals surface area (Å²) in [5.74, 6) is 2.58. The topological polar surface area (TPSA) is 144 Å². The number of aliphatic hydroxyl groups is 1. The maximum Gasteiger partial charge on any atom is 0.509 e. The number of aryl methyl sites for hydroxylation is 1. The van der Waals surface area contributed by atoms with Gasteiger partial charge < -0.3 is 34.2 Å². The second-order valence-electron chi connectivity index (χ2n) is 7.47. The Bertz CT molecular complexity index is 1310. The molecule has 1 aliphatic heterocycles. The van der Waals surface area contributed by atoms with E-state index >= 15 is 0 Å². The van der Waals surface area contributed by atoms with Crippen molar-refractivity contribution in [1.29, 1.82) is 0 Å². The van der Waals surface area contributed by atoms with Crippen LogP contribution in [0.2, 0.25) is 5.28 Å². The van der Waals surface area contributed by atoms with E-state index in [2.05, 4.69) is 15.9 Å². The predicted molar refractivity (Wildman–Crippen MR) is 117 cm³/mol. The van der Waals surface area contributed by atoms with Gasteiger partial charge in [0.15, 0.2) is 11.7 Å². The molecule has 11 nitrogen and oxygen atoms in total. The number of fused-ring (bicyclic) bond motifs is 1. The maximum atomic E-state index is 12.3. The fourth-order valence-corrected chi connectivity index (χ4v) is 3.77. The summed E-state index contributed by atoms with van der Waals surface area (Å²) >= 11 is 5.94. The Balaban J connectivity index is 1.52. The summed E-state index contributed by atoms with van der Waals surface area (Å²) in [5, 5.41) is 10.5. The van der Waals surface area contributed by atoms with Crippen LogP contribution >= 0.6 is 11.6 Å². The molecule has 3 atom stereocenters. The minimum atomic E-state index is -1.61. The number of terminal acetylenes is 1. The number of halogens is 1. The van der Waals surface area contributed by atoms with E-state index in [1.165, 1.54) is 10.6 Å². The Morgan fingerprint density at radius 2 is 2.24 bits per heavy atom. The van der Waals surface area contributed by atoms with Crippen LogP contribution in [0.3, 0.4) is 0 Å². The van der Waals surface area contributed by atoms with Gasteiger partial charge in [-0.2, -0.15) is 4.98 Å². The summed E-state index contributed by atoms with van der Waals surface area (Å²) in [5.41, 5.74) is 4.94. The molecule has 1 saturated heterocycles. The fourth-order valence-electron chi connectivity index (χ4n) is 3.60. The molecule has 3 aromatic heterocycles. The van der Waals surface area contributed by atoms with Crippen LogP contribution in [0.4, 0.5) is 10.6 Å². The molecule has 0 saturated carbocycles. The lowest BCUT2D eigenvalue weighted by Crippen LogP contribution is -2.44. The summed E-state index contributed by atoms with van der Waals surface area (Å²) in [4.78, 5) is 32.1. The molecule has 0 aliphatic carbocycles. The first-order valence-electron chi connectivity index (χ1n) is 9.81. The van der Waals surface area contributed by atoms with E-state index < -0.39 is 30.7 Å². The molecular weight excluding hydrogens is 454 g/mol. The van der Waals surface area contributed by atoms with Crippen molar-refractivity contribution in [2.45, 2.75) is 31.0 Å². The molecule has 0 amide bonds. The van der Waals surface area contributed by atoms with Crippen molar-refractivity contribution < 1.29 is 24.1 Å². The number of aliphatic hydroxyl groups excluding tert-OH is 1. The van der Waals surface area contributed by atoms with E-state index in [0.29, 0.717) is 16.6 Å². The van der Waals surface area contributed by atoms with Crippen molar-refractivity contribution in [3.63, 3.8) is 0 Å². The lowest BCUT2D eigenvalue weighted by molar-refractivity contribution is -0.0979. The highest BCUT2D eigenvalue weighted by molar-refractivity contribution is 6.28. The quantitative estimate of drug-likeness (QED) is 0.319. The molecule has 3 aromatic rings. The van der Waals surface area contributed by atoms with Crippen LogP contribution in [-0.4, -0.2) is 48.7 Å². The Hall–Kier alpha value is -3.59. The molecule has 1 aliphatic rings. The van der Waals surface area contributed by atoms with Crippen LogP contribution in [0.1, 0.15) is 18.2 Å². The van der Waals surface area contributed by atoms with Crippen molar-refractivity contribution in [3.8, 4) is 12.3 Å². The van der Waals surface area contributed by atoms with Crippen LogP contribution in [0.25, 0.3) is 11.0 Å². The third-order valence-electron chi connectivity index (χ3n) is 5.41. The van der Waals surface area contributed by atoms with E-state index in [-0.39, 0.29) is 29.7 Å². The first-order valence-corrected chi connectivity index (χ1v) is 10.2. The van der Waals surface area contributed by atoms with E-state index in [9.17, 15) is 14.7 Å². The number of anilines is 1. The van der Waals surface area contributed by atoms with Gasteiger partial charge in [-0.25, -0.2) is 9.78 Å². The number of rotatable bonds is 5. The van der Waals surface area contributed by atoms with Gasteiger partial charge in [-0.3, -0.25) is 4.79 Å². The third-order valence-corrected chi connectivity index (χ3v) is 5.58. The van der Waals surface area contributed by atoms with Gasteiger partial charge in [0.2, 0.25) is 5.28 Å². The SMILES string of the molecule is C#C[C@]1(CO)O[C@@H](n2ccc3c(N)nc(Cl)nc32)C[C@@H]1OC(=O)OCc1ccn(C)c(=O)c1. The van der Waals surface area contributed by atoms with Crippen molar-refractivity contribution >= 4 is 34.6 Å². The first kappa shape index (κ1) is 22.6. The largest absolute Gasteiger partial charge is 0.509 e. The van der Waals surface area contributed by atoms with Crippen LogP contribution in [0, 0.1) is 12.3 Å². The minimum Gasteiger partial charge on any atom is -0.429 e. The van der Waals surface area contributed by atoms with E-state index in [4.69, 9.17) is 38.0 Å². The highest BCUT2D eigenvalue weighted by atomic mass is 35.5. The van der Waals surface area contributed by atoms with E-state index in [1.54, 1.807) is 36.1 Å². The monoisotopic (exact) mass is 473 g/mol. The molecule has 172 valence electrons. The van der Waals surface area contributed by atoms with E-state index in [0.717, 1.165) is 0 Å². The number of aromatic nitrogens is 4. The molecule has 1 fully saturated rings. The van der Waals surface area contributed by atoms with Crippen molar-refractivity contribution in [3.05, 3.63) is 51.8 Å². The Labute approximate surface area is 192 Å². The highest BCUT2D eigenvalue weighted by Gasteiger charge is 2.51. The normalized spacial score (nSPS) is 22.2. The van der Waals surface area contributed by atoms with Gasteiger partial charge in [-0.1, -0.05) is 5.92 Å². The van der Waals surface area contributed by atoms with Gasteiger partial charge in [0, 0.05) is 31.9 Å². The molecule has 33 heavy (non-hydrogen) atoms. The Kier molecular flexibility index (Phi) is 5.99.